The first-order valence-corrected chi connectivity index (χ1v) is 9.88. The molecule has 0 aliphatic heterocycles. The van der Waals surface area contributed by atoms with E-state index in [-0.39, 0.29) is 36.3 Å². The summed E-state index contributed by atoms with van der Waals surface area (Å²) in [5, 5.41) is 0.571. The molecule has 2 aromatic rings. The van der Waals surface area contributed by atoms with Gasteiger partial charge in [0.25, 0.3) is 5.56 Å². The highest BCUT2D eigenvalue weighted by Gasteiger charge is 2.32. The maximum Gasteiger partial charge on any atom is 0.254 e. The molecule has 0 spiro atoms. The van der Waals surface area contributed by atoms with E-state index >= 15 is 0 Å². The molecule has 3 rings (SSSR count). The third kappa shape index (κ3) is 4.33. The summed E-state index contributed by atoms with van der Waals surface area (Å²) in [6.07, 6.45) is 4.29. The predicted molar refractivity (Wildman–Crippen MR) is 99.7 cm³/mol. The Morgan fingerprint density at radius 3 is 2.73 bits per heavy atom. The molecule has 1 fully saturated rings. The van der Waals surface area contributed by atoms with Crippen LogP contribution in [0.25, 0.3) is 0 Å². The number of hydrogen-bond acceptors (Lipinski definition) is 4. The minimum absolute atomic E-state index is 0.0523. The van der Waals surface area contributed by atoms with Gasteiger partial charge >= 0.3 is 0 Å². The molecule has 1 aliphatic rings. The van der Waals surface area contributed by atoms with Gasteiger partial charge < -0.3 is 9.88 Å². The molecule has 1 amide bonds. The summed E-state index contributed by atoms with van der Waals surface area (Å²) in [5.74, 6) is -0.349. The summed E-state index contributed by atoms with van der Waals surface area (Å²) < 4.78 is 13.9. The quantitative estimate of drug-likeness (QED) is 0.597. The average Bonchev–Trinajstić information content (AvgIpc) is 3.44. The Labute approximate surface area is 156 Å². The fourth-order valence-corrected chi connectivity index (χ4v) is 3.39. The van der Waals surface area contributed by atoms with Crippen molar-refractivity contribution in [2.45, 2.75) is 50.4 Å². The lowest BCUT2D eigenvalue weighted by Gasteiger charge is -2.23. The Kier molecular flexibility index (Phi) is 5.76. The Morgan fingerprint density at radius 1 is 1.38 bits per heavy atom. The van der Waals surface area contributed by atoms with Gasteiger partial charge in [-0.3, -0.25) is 9.59 Å². The molecule has 1 heterocycles. The number of thioether (sulfide) groups is 1. The lowest BCUT2D eigenvalue weighted by Crippen LogP contribution is -2.33. The second-order valence-electron chi connectivity index (χ2n) is 6.48. The van der Waals surface area contributed by atoms with Crippen LogP contribution in [0.3, 0.4) is 0 Å². The number of amides is 1. The Bertz CT molecular complexity index is 864. The van der Waals surface area contributed by atoms with Crippen molar-refractivity contribution in [1.82, 2.24) is 14.9 Å². The van der Waals surface area contributed by atoms with Crippen LogP contribution in [0.1, 0.15) is 36.1 Å². The molecular formula is C19H22FN3O2S. The Hall–Kier alpha value is -2.15. The average molecular weight is 375 g/mol. The molecule has 0 unspecified atom stereocenters. The zero-order chi connectivity index (χ0) is 18.7. The minimum atomic E-state index is -0.296. The molecular weight excluding hydrogens is 353 g/mol. The van der Waals surface area contributed by atoms with Gasteiger partial charge in [-0.1, -0.05) is 30.0 Å². The molecule has 0 bridgehead atoms. The zero-order valence-electron chi connectivity index (χ0n) is 14.9. The number of carbonyl (C=O) groups excluding carboxylic acids is 1. The minimum Gasteiger partial charge on any atom is -0.335 e. The number of rotatable bonds is 7. The summed E-state index contributed by atoms with van der Waals surface area (Å²) in [5.41, 5.74) is 1.52. The monoisotopic (exact) mass is 375 g/mol. The van der Waals surface area contributed by atoms with Crippen molar-refractivity contribution in [3.05, 3.63) is 57.3 Å². The molecule has 1 saturated carbocycles. The lowest BCUT2D eigenvalue weighted by molar-refractivity contribution is -0.132. The van der Waals surface area contributed by atoms with Crippen LogP contribution in [-0.4, -0.2) is 33.1 Å². The highest BCUT2D eigenvalue weighted by Crippen LogP contribution is 2.29. The van der Waals surface area contributed by atoms with Crippen molar-refractivity contribution in [3.63, 3.8) is 0 Å². The number of aryl methyl sites for hydroxylation is 1. The van der Waals surface area contributed by atoms with Gasteiger partial charge in [0, 0.05) is 35.8 Å². The van der Waals surface area contributed by atoms with Crippen molar-refractivity contribution in [1.29, 1.82) is 0 Å². The standard InChI is InChI=1S/C19H22FN3O2S/c1-12-15(18(25)22-19(21-12)26-2)9-10-17(24)23(14-7-8-14)11-13-5-3-4-6-16(13)20/h3-6,14H,7-11H2,1-2H3,(H,21,22,25). The number of halogens is 1. The van der Waals surface area contributed by atoms with Crippen molar-refractivity contribution in [3.8, 4) is 0 Å². The number of aromatic amines is 1. The first kappa shape index (κ1) is 18.6. The normalized spacial score (nSPS) is 13.7. The van der Waals surface area contributed by atoms with E-state index in [1.54, 1.807) is 30.0 Å². The van der Waals surface area contributed by atoms with Gasteiger partial charge in [-0.05, 0) is 38.5 Å². The number of aromatic nitrogens is 2. The molecule has 1 N–H and O–H groups in total. The Balaban J connectivity index is 1.70. The van der Waals surface area contributed by atoms with Crippen molar-refractivity contribution in [2.24, 2.45) is 0 Å². The van der Waals surface area contributed by atoms with Gasteiger partial charge in [0.15, 0.2) is 5.16 Å². The second-order valence-corrected chi connectivity index (χ2v) is 7.28. The number of nitrogens with one attached hydrogen (secondary N) is 1. The van der Waals surface area contributed by atoms with E-state index < -0.39 is 0 Å². The number of hydrogen-bond donors (Lipinski definition) is 1. The summed E-state index contributed by atoms with van der Waals surface area (Å²) in [4.78, 5) is 33.7. The molecule has 0 atom stereocenters. The topological polar surface area (TPSA) is 66.1 Å². The third-order valence-electron chi connectivity index (χ3n) is 4.59. The van der Waals surface area contributed by atoms with E-state index in [1.807, 2.05) is 6.26 Å². The van der Waals surface area contributed by atoms with Crippen LogP contribution in [0.5, 0.6) is 0 Å². The van der Waals surface area contributed by atoms with E-state index in [0.29, 0.717) is 28.4 Å². The molecule has 7 heteroatoms. The molecule has 1 aliphatic carbocycles. The largest absolute Gasteiger partial charge is 0.335 e. The van der Waals surface area contributed by atoms with Crippen molar-refractivity contribution >= 4 is 17.7 Å². The predicted octanol–water partition coefficient (Wildman–Crippen LogP) is 3.06. The highest BCUT2D eigenvalue weighted by atomic mass is 32.2. The number of benzene rings is 1. The van der Waals surface area contributed by atoms with Crippen LogP contribution >= 0.6 is 11.8 Å². The number of H-pyrrole nitrogens is 1. The smallest absolute Gasteiger partial charge is 0.254 e. The molecule has 26 heavy (non-hydrogen) atoms. The van der Waals surface area contributed by atoms with Crippen LogP contribution in [0.15, 0.2) is 34.2 Å². The molecule has 5 nitrogen and oxygen atoms in total. The van der Waals surface area contributed by atoms with Crippen molar-refractivity contribution in [2.75, 3.05) is 6.26 Å². The number of carbonyl (C=O) groups is 1. The van der Waals surface area contributed by atoms with Gasteiger partial charge in [0.05, 0.1) is 0 Å². The van der Waals surface area contributed by atoms with E-state index in [1.165, 1.54) is 17.8 Å². The van der Waals surface area contributed by atoms with Gasteiger partial charge in [-0.2, -0.15) is 0 Å². The van der Waals surface area contributed by atoms with E-state index in [2.05, 4.69) is 9.97 Å². The van der Waals surface area contributed by atoms with Crippen LogP contribution in [0.4, 0.5) is 4.39 Å². The van der Waals surface area contributed by atoms with Gasteiger partial charge in [-0.15, -0.1) is 0 Å². The summed E-state index contributed by atoms with van der Waals surface area (Å²) in [7, 11) is 0. The highest BCUT2D eigenvalue weighted by molar-refractivity contribution is 7.98. The van der Waals surface area contributed by atoms with E-state index in [0.717, 1.165) is 12.8 Å². The maximum absolute atomic E-state index is 13.9. The van der Waals surface area contributed by atoms with Crippen LogP contribution < -0.4 is 5.56 Å². The van der Waals surface area contributed by atoms with Gasteiger partial charge in [0.1, 0.15) is 5.82 Å². The summed E-state index contributed by atoms with van der Waals surface area (Å²) in [6.45, 7) is 2.06. The zero-order valence-corrected chi connectivity index (χ0v) is 15.7. The second kappa shape index (κ2) is 8.03. The van der Waals surface area contributed by atoms with Gasteiger partial charge in [0.2, 0.25) is 5.91 Å². The fourth-order valence-electron chi connectivity index (χ4n) is 2.97. The molecule has 138 valence electrons. The number of nitrogens with zero attached hydrogens (tertiary/aromatic N) is 2. The van der Waals surface area contributed by atoms with Crippen molar-refractivity contribution < 1.29 is 9.18 Å². The lowest BCUT2D eigenvalue weighted by atomic mass is 10.1. The van der Waals surface area contributed by atoms with E-state index in [9.17, 15) is 14.0 Å². The molecule has 1 aromatic heterocycles. The Morgan fingerprint density at radius 2 is 2.12 bits per heavy atom. The third-order valence-corrected chi connectivity index (χ3v) is 5.17. The maximum atomic E-state index is 13.9. The molecule has 1 aromatic carbocycles. The van der Waals surface area contributed by atoms with Crippen LogP contribution in [-0.2, 0) is 17.8 Å². The first-order valence-electron chi connectivity index (χ1n) is 8.66. The fraction of sp³-hybridized carbons (Fsp3) is 0.421. The van der Waals surface area contributed by atoms with Crippen LogP contribution in [0, 0.1) is 12.7 Å². The van der Waals surface area contributed by atoms with Crippen LogP contribution in [0.2, 0.25) is 0 Å². The summed E-state index contributed by atoms with van der Waals surface area (Å²) in [6, 6.07) is 6.71. The van der Waals surface area contributed by atoms with E-state index in [4.69, 9.17) is 0 Å². The SMILES string of the molecule is CSc1nc(C)c(CCC(=O)N(Cc2ccccc2F)C2CC2)c(=O)[nH]1. The first-order chi connectivity index (χ1) is 12.5. The molecule has 0 radical (unpaired) electrons. The molecule has 0 saturated heterocycles. The van der Waals surface area contributed by atoms with Gasteiger partial charge in [-0.25, -0.2) is 9.37 Å². The summed E-state index contributed by atoms with van der Waals surface area (Å²) >= 11 is 1.37.